The molecule has 0 spiro atoms. The third kappa shape index (κ3) is 5.49. The first kappa shape index (κ1) is 18.3. The average molecular weight is 340 g/mol. The molecule has 130 valence electrons. The Morgan fingerprint density at radius 1 is 0.960 bits per heavy atom. The number of hydrogen-bond donors (Lipinski definition) is 1. The Morgan fingerprint density at radius 3 is 2.24 bits per heavy atom. The van der Waals surface area contributed by atoms with Gasteiger partial charge in [-0.25, -0.2) is 4.79 Å². The summed E-state index contributed by atoms with van der Waals surface area (Å²) in [5.41, 5.74) is 1.23. The van der Waals surface area contributed by atoms with E-state index < -0.39 is 11.7 Å². The highest BCUT2D eigenvalue weighted by Crippen LogP contribution is 2.15. The molecule has 0 amide bonds. The number of benzene rings is 2. The molecule has 2 rings (SSSR count). The second-order valence-electron chi connectivity index (χ2n) is 5.23. The van der Waals surface area contributed by atoms with Crippen LogP contribution in [-0.4, -0.2) is 30.1 Å². The molecule has 0 fully saturated rings. The second-order valence-corrected chi connectivity index (χ2v) is 5.23. The van der Waals surface area contributed by atoms with E-state index in [1.54, 1.807) is 43.3 Å². The number of allylic oxidation sites excluding steroid dienone is 1. The normalized spacial score (nSPS) is 11.0. The van der Waals surface area contributed by atoms with Crippen LogP contribution in [0.3, 0.4) is 0 Å². The van der Waals surface area contributed by atoms with E-state index in [-0.39, 0.29) is 12.4 Å². The standard InChI is InChI=1S/C20H20O5/c1-2-18(21)20(23)25-14-6-13-24-17-11-9-16(10-12-17)19(22)15-7-4-3-5-8-15/h2-5,7-12,21H,6,13-14H2,1H3. The fourth-order valence-electron chi connectivity index (χ4n) is 2.06. The van der Waals surface area contributed by atoms with Crippen LogP contribution < -0.4 is 4.74 Å². The maximum Gasteiger partial charge on any atom is 0.373 e. The first-order chi connectivity index (χ1) is 12.1. The minimum atomic E-state index is -0.744. The second kappa shape index (κ2) is 9.27. The number of hydrogen-bond acceptors (Lipinski definition) is 5. The van der Waals surface area contributed by atoms with Gasteiger partial charge in [-0.3, -0.25) is 4.79 Å². The van der Waals surface area contributed by atoms with Crippen LogP contribution in [0.25, 0.3) is 0 Å². The maximum atomic E-state index is 12.3. The lowest BCUT2D eigenvalue weighted by molar-refractivity contribution is -0.142. The lowest BCUT2D eigenvalue weighted by Gasteiger charge is -2.08. The predicted octanol–water partition coefficient (Wildman–Crippen LogP) is 3.69. The van der Waals surface area contributed by atoms with Gasteiger partial charge in [0.25, 0.3) is 0 Å². The smallest absolute Gasteiger partial charge is 0.373 e. The molecule has 25 heavy (non-hydrogen) atoms. The molecule has 0 aromatic heterocycles. The first-order valence-electron chi connectivity index (χ1n) is 7.97. The van der Waals surface area contributed by atoms with E-state index in [2.05, 4.69) is 0 Å². The Bertz CT molecular complexity index is 732. The van der Waals surface area contributed by atoms with Crippen molar-refractivity contribution in [1.29, 1.82) is 0 Å². The lowest BCUT2D eigenvalue weighted by atomic mass is 10.0. The van der Waals surface area contributed by atoms with Gasteiger partial charge in [-0.1, -0.05) is 30.3 Å². The number of ether oxygens (including phenoxy) is 2. The van der Waals surface area contributed by atoms with E-state index in [1.165, 1.54) is 6.08 Å². The van der Waals surface area contributed by atoms with Gasteiger partial charge in [0.2, 0.25) is 0 Å². The SMILES string of the molecule is CC=C(O)C(=O)OCCCOc1ccc(C(=O)c2ccccc2)cc1. The summed E-state index contributed by atoms with van der Waals surface area (Å²) in [5, 5.41) is 9.14. The molecule has 0 bridgehead atoms. The highest BCUT2D eigenvalue weighted by Gasteiger charge is 2.09. The lowest BCUT2D eigenvalue weighted by Crippen LogP contribution is -2.10. The van der Waals surface area contributed by atoms with Crippen molar-refractivity contribution in [3.63, 3.8) is 0 Å². The topological polar surface area (TPSA) is 72.8 Å². The molecule has 0 aliphatic carbocycles. The third-order valence-electron chi connectivity index (χ3n) is 3.43. The molecule has 2 aromatic rings. The summed E-state index contributed by atoms with van der Waals surface area (Å²) in [6.45, 7) is 2.06. The molecule has 5 heteroatoms. The van der Waals surface area contributed by atoms with Gasteiger partial charge in [0, 0.05) is 17.5 Å². The molecule has 0 unspecified atom stereocenters. The summed E-state index contributed by atoms with van der Waals surface area (Å²) in [4.78, 5) is 23.5. The van der Waals surface area contributed by atoms with E-state index >= 15 is 0 Å². The molecule has 0 radical (unpaired) electrons. The summed E-state index contributed by atoms with van der Waals surface area (Å²) >= 11 is 0. The van der Waals surface area contributed by atoms with E-state index in [9.17, 15) is 9.59 Å². The number of rotatable bonds is 8. The monoisotopic (exact) mass is 340 g/mol. The average Bonchev–Trinajstić information content (AvgIpc) is 2.67. The highest BCUT2D eigenvalue weighted by atomic mass is 16.5. The fraction of sp³-hybridized carbons (Fsp3) is 0.200. The van der Waals surface area contributed by atoms with Crippen molar-refractivity contribution in [2.24, 2.45) is 0 Å². The molecule has 0 aliphatic heterocycles. The molecule has 0 aliphatic rings. The van der Waals surface area contributed by atoms with Gasteiger partial charge in [-0.15, -0.1) is 0 Å². The molecule has 0 saturated heterocycles. The zero-order chi connectivity index (χ0) is 18.1. The molecule has 1 N–H and O–H groups in total. The Balaban J connectivity index is 1.77. The van der Waals surface area contributed by atoms with Crippen LogP contribution in [0.4, 0.5) is 0 Å². The van der Waals surface area contributed by atoms with Crippen LogP contribution in [0.5, 0.6) is 5.75 Å². The van der Waals surface area contributed by atoms with Gasteiger partial charge in [0.1, 0.15) is 5.75 Å². The van der Waals surface area contributed by atoms with Crippen LogP contribution >= 0.6 is 0 Å². The zero-order valence-corrected chi connectivity index (χ0v) is 14.0. The maximum absolute atomic E-state index is 12.3. The third-order valence-corrected chi connectivity index (χ3v) is 3.43. The van der Waals surface area contributed by atoms with Gasteiger partial charge in [0.15, 0.2) is 11.5 Å². The molecule has 5 nitrogen and oxygen atoms in total. The quantitative estimate of drug-likeness (QED) is 0.261. The van der Waals surface area contributed by atoms with Crippen LogP contribution in [0.15, 0.2) is 66.4 Å². The van der Waals surface area contributed by atoms with Crippen molar-refractivity contribution in [3.05, 3.63) is 77.6 Å². The van der Waals surface area contributed by atoms with Crippen molar-refractivity contribution >= 4 is 11.8 Å². The highest BCUT2D eigenvalue weighted by molar-refractivity contribution is 6.08. The Labute approximate surface area is 146 Å². The van der Waals surface area contributed by atoms with Crippen LogP contribution in [0.1, 0.15) is 29.3 Å². The van der Waals surface area contributed by atoms with Gasteiger partial charge < -0.3 is 14.6 Å². The van der Waals surface area contributed by atoms with E-state index in [0.29, 0.717) is 29.9 Å². The minimum absolute atomic E-state index is 0.0390. The van der Waals surface area contributed by atoms with Gasteiger partial charge in [0.05, 0.1) is 13.2 Å². The van der Waals surface area contributed by atoms with Gasteiger partial charge in [-0.05, 0) is 37.3 Å². The van der Waals surface area contributed by atoms with Crippen molar-refractivity contribution in [2.45, 2.75) is 13.3 Å². The Hall–Kier alpha value is -3.08. The predicted molar refractivity (Wildman–Crippen MR) is 93.8 cm³/mol. The minimum Gasteiger partial charge on any atom is -0.502 e. The molecular formula is C20H20O5. The van der Waals surface area contributed by atoms with Crippen molar-refractivity contribution in [2.75, 3.05) is 13.2 Å². The molecule has 0 saturated carbocycles. The van der Waals surface area contributed by atoms with Gasteiger partial charge in [-0.2, -0.15) is 0 Å². The number of ketones is 1. The molecule has 0 atom stereocenters. The first-order valence-corrected chi connectivity index (χ1v) is 7.97. The number of carbonyl (C=O) groups is 2. The van der Waals surface area contributed by atoms with E-state index in [1.807, 2.05) is 18.2 Å². The van der Waals surface area contributed by atoms with Crippen LogP contribution in [0.2, 0.25) is 0 Å². The summed E-state index contributed by atoms with van der Waals surface area (Å²) in [6, 6.07) is 16.0. The van der Waals surface area contributed by atoms with Crippen molar-refractivity contribution in [1.82, 2.24) is 0 Å². The van der Waals surface area contributed by atoms with E-state index in [4.69, 9.17) is 14.6 Å². The summed E-state index contributed by atoms with van der Waals surface area (Å²) in [7, 11) is 0. The van der Waals surface area contributed by atoms with Crippen LogP contribution in [0, 0.1) is 0 Å². The molecule has 2 aromatic carbocycles. The summed E-state index contributed by atoms with van der Waals surface area (Å²) < 4.78 is 10.4. The van der Waals surface area contributed by atoms with Crippen LogP contribution in [-0.2, 0) is 9.53 Å². The molecule has 0 heterocycles. The number of aliphatic hydroxyl groups excluding tert-OH is 1. The fourth-order valence-corrected chi connectivity index (χ4v) is 2.06. The number of aliphatic hydroxyl groups is 1. The Kier molecular flexibility index (Phi) is 6.77. The van der Waals surface area contributed by atoms with Gasteiger partial charge >= 0.3 is 5.97 Å². The van der Waals surface area contributed by atoms with Crippen molar-refractivity contribution < 1.29 is 24.2 Å². The van der Waals surface area contributed by atoms with E-state index in [0.717, 1.165) is 0 Å². The Morgan fingerprint density at radius 2 is 1.60 bits per heavy atom. The summed E-state index contributed by atoms with van der Waals surface area (Å²) in [6.07, 6.45) is 1.77. The largest absolute Gasteiger partial charge is 0.502 e. The molecular weight excluding hydrogens is 320 g/mol. The number of esters is 1. The van der Waals surface area contributed by atoms with Crippen molar-refractivity contribution in [3.8, 4) is 5.75 Å². The number of carbonyl (C=O) groups excluding carboxylic acids is 2. The summed E-state index contributed by atoms with van der Waals surface area (Å²) in [5.74, 6) is -0.555. The zero-order valence-electron chi connectivity index (χ0n) is 14.0.